The van der Waals surface area contributed by atoms with Crippen LogP contribution in [0.4, 0.5) is 10.5 Å². The van der Waals surface area contributed by atoms with Crippen LogP contribution in [0.1, 0.15) is 58.8 Å². The second-order valence-electron chi connectivity index (χ2n) is 12.3. The Labute approximate surface area is 228 Å². The molecule has 1 aliphatic heterocycles. The van der Waals surface area contributed by atoms with Crippen LogP contribution in [0.2, 0.25) is 25.7 Å². The summed E-state index contributed by atoms with van der Waals surface area (Å²) in [5.74, 6) is 0.746. The van der Waals surface area contributed by atoms with Gasteiger partial charge in [-0.15, -0.1) is 0 Å². The average Bonchev–Trinajstić information content (AvgIpc) is 3.20. The van der Waals surface area contributed by atoms with Crippen molar-refractivity contribution in [2.75, 3.05) is 11.9 Å². The van der Waals surface area contributed by atoms with E-state index in [1.807, 2.05) is 62.7 Å². The molecular weight excluding hydrogens is 496 g/mol. The van der Waals surface area contributed by atoms with E-state index in [1.165, 1.54) is 0 Å². The van der Waals surface area contributed by atoms with E-state index in [0.29, 0.717) is 49.8 Å². The molecule has 3 rings (SSSR count). The predicted octanol–water partition coefficient (Wildman–Crippen LogP) is 6.74. The molecule has 2 atom stereocenters. The second kappa shape index (κ2) is 12.8. The number of aromatic nitrogens is 2. The molecule has 1 aromatic carbocycles. The standard InChI is InChI=1S/C29H44N4O4Si/c1-21-12-8-10-15-24(32-28(35)37-29(2,3)4)27-31-25(19-33(27)20-36-16-17-38(5,6)7)22-13-9-11-14-23(22)30-26(34)18-21/h8-9,11-14,19,21,24H,10,15-18,20H2,1-7H3,(H,30,34)(H,32,35)/b12-8-/t21?,24-/m0/s1. The molecule has 9 heteroatoms. The molecule has 0 aliphatic carbocycles. The Bertz CT molecular complexity index is 1130. The van der Waals surface area contributed by atoms with Crippen molar-refractivity contribution in [3.05, 3.63) is 48.4 Å². The quantitative estimate of drug-likeness (QED) is 0.240. The number of carbonyl (C=O) groups excluding carboxylic acids is 2. The van der Waals surface area contributed by atoms with Crippen LogP contribution in [0.5, 0.6) is 0 Å². The molecule has 0 radical (unpaired) electrons. The van der Waals surface area contributed by atoms with Gasteiger partial charge in [-0.2, -0.15) is 0 Å². The molecule has 2 amide bonds. The number of anilines is 1. The summed E-state index contributed by atoms with van der Waals surface area (Å²) in [5, 5.41) is 6.11. The van der Waals surface area contributed by atoms with Crippen molar-refractivity contribution in [1.82, 2.24) is 14.9 Å². The fourth-order valence-corrected chi connectivity index (χ4v) is 4.92. The fraction of sp³-hybridized carbons (Fsp3) is 0.552. The normalized spacial score (nSPS) is 19.6. The number of imidazole rings is 1. The minimum atomic E-state index is -1.24. The zero-order valence-corrected chi connectivity index (χ0v) is 25.0. The average molecular weight is 541 g/mol. The lowest BCUT2D eigenvalue weighted by Crippen LogP contribution is -2.36. The van der Waals surface area contributed by atoms with Gasteiger partial charge in [0.25, 0.3) is 0 Å². The van der Waals surface area contributed by atoms with Crippen LogP contribution >= 0.6 is 0 Å². The number of amides is 2. The molecule has 2 heterocycles. The van der Waals surface area contributed by atoms with E-state index in [2.05, 4.69) is 42.4 Å². The molecule has 1 aromatic heterocycles. The Morgan fingerprint density at radius 2 is 1.97 bits per heavy atom. The van der Waals surface area contributed by atoms with Gasteiger partial charge in [0.1, 0.15) is 18.2 Å². The van der Waals surface area contributed by atoms with Gasteiger partial charge >= 0.3 is 6.09 Å². The highest BCUT2D eigenvalue weighted by atomic mass is 28.3. The molecule has 8 nitrogen and oxygen atoms in total. The van der Waals surface area contributed by atoms with Crippen molar-refractivity contribution in [2.45, 2.75) is 91.0 Å². The second-order valence-corrected chi connectivity index (χ2v) is 17.9. The van der Waals surface area contributed by atoms with Gasteiger partial charge in [0, 0.05) is 32.9 Å². The molecule has 1 unspecified atom stereocenters. The van der Waals surface area contributed by atoms with Gasteiger partial charge in [-0.25, -0.2) is 9.78 Å². The number of fused-ring (bicyclic) bond motifs is 4. The number of ether oxygens (including phenoxy) is 2. The van der Waals surface area contributed by atoms with Gasteiger partial charge in [-0.1, -0.05) is 56.9 Å². The number of alkyl carbamates (subject to hydrolysis) is 1. The Hall–Kier alpha value is -2.91. The van der Waals surface area contributed by atoms with E-state index in [0.717, 1.165) is 11.6 Å². The first-order chi connectivity index (χ1) is 17.8. The molecule has 1 aliphatic rings. The minimum absolute atomic E-state index is 0.0366. The van der Waals surface area contributed by atoms with Gasteiger partial charge in [0.2, 0.25) is 5.91 Å². The molecular formula is C29H44N4O4Si. The largest absolute Gasteiger partial charge is 0.444 e. The third-order valence-electron chi connectivity index (χ3n) is 6.11. The number of hydrogen-bond donors (Lipinski definition) is 2. The third-order valence-corrected chi connectivity index (χ3v) is 7.81. The van der Waals surface area contributed by atoms with Crippen LogP contribution < -0.4 is 10.6 Å². The Kier molecular flexibility index (Phi) is 9.95. The first-order valence-corrected chi connectivity index (χ1v) is 17.2. The number of nitrogens with one attached hydrogen (secondary N) is 2. The molecule has 2 aromatic rings. The number of nitrogens with zero attached hydrogens (tertiary/aromatic N) is 2. The highest BCUT2D eigenvalue weighted by molar-refractivity contribution is 6.76. The summed E-state index contributed by atoms with van der Waals surface area (Å²) < 4.78 is 13.6. The zero-order chi connectivity index (χ0) is 27.9. The van der Waals surface area contributed by atoms with E-state index in [1.54, 1.807) is 0 Å². The van der Waals surface area contributed by atoms with Crippen LogP contribution in [-0.4, -0.2) is 41.8 Å². The summed E-state index contributed by atoms with van der Waals surface area (Å²) in [6.07, 6.45) is 7.30. The summed E-state index contributed by atoms with van der Waals surface area (Å²) >= 11 is 0. The maximum absolute atomic E-state index is 12.8. The molecule has 38 heavy (non-hydrogen) atoms. The molecule has 2 bridgehead atoms. The van der Waals surface area contributed by atoms with Crippen molar-refractivity contribution in [1.29, 1.82) is 0 Å². The van der Waals surface area contributed by atoms with Crippen molar-refractivity contribution in [3.63, 3.8) is 0 Å². The number of allylic oxidation sites excluding steroid dienone is 2. The first kappa shape index (κ1) is 29.6. The molecule has 0 fully saturated rings. The molecule has 0 spiro atoms. The highest BCUT2D eigenvalue weighted by Crippen LogP contribution is 2.31. The Morgan fingerprint density at radius 3 is 2.68 bits per heavy atom. The van der Waals surface area contributed by atoms with E-state index in [9.17, 15) is 9.59 Å². The number of carbonyl (C=O) groups is 2. The maximum atomic E-state index is 12.8. The molecule has 2 N–H and O–H groups in total. The van der Waals surface area contributed by atoms with Gasteiger partial charge in [0.15, 0.2) is 0 Å². The van der Waals surface area contributed by atoms with Crippen molar-refractivity contribution >= 4 is 25.8 Å². The van der Waals surface area contributed by atoms with Gasteiger partial charge in [0.05, 0.1) is 17.4 Å². The molecule has 0 saturated carbocycles. The fourth-order valence-electron chi connectivity index (χ4n) is 4.17. The zero-order valence-electron chi connectivity index (χ0n) is 24.0. The molecule has 0 saturated heterocycles. The molecule has 208 valence electrons. The number of rotatable bonds is 6. The van der Waals surface area contributed by atoms with Gasteiger partial charge in [-0.05, 0) is 51.6 Å². The maximum Gasteiger partial charge on any atom is 0.408 e. The van der Waals surface area contributed by atoms with Crippen LogP contribution in [0.25, 0.3) is 11.3 Å². The van der Waals surface area contributed by atoms with Crippen LogP contribution in [0, 0.1) is 5.92 Å². The lowest BCUT2D eigenvalue weighted by molar-refractivity contribution is -0.116. The Balaban J connectivity index is 2.01. The van der Waals surface area contributed by atoms with Gasteiger partial charge in [-0.3, -0.25) is 4.79 Å². The summed E-state index contributed by atoms with van der Waals surface area (Å²) in [7, 11) is -1.24. The van der Waals surface area contributed by atoms with E-state index in [4.69, 9.17) is 14.5 Å². The lowest BCUT2D eigenvalue weighted by atomic mass is 10.0. The van der Waals surface area contributed by atoms with E-state index in [-0.39, 0.29) is 17.9 Å². The summed E-state index contributed by atoms with van der Waals surface area (Å²) in [6.45, 7) is 15.5. The topological polar surface area (TPSA) is 94.5 Å². The van der Waals surface area contributed by atoms with E-state index >= 15 is 0 Å². The number of benzene rings is 1. The highest BCUT2D eigenvalue weighted by Gasteiger charge is 2.25. The lowest BCUT2D eigenvalue weighted by Gasteiger charge is -2.24. The third kappa shape index (κ3) is 9.44. The number of para-hydroxylation sites is 1. The first-order valence-electron chi connectivity index (χ1n) is 13.5. The number of hydrogen-bond acceptors (Lipinski definition) is 5. The monoisotopic (exact) mass is 540 g/mol. The predicted molar refractivity (Wildman–Crippen MR) is 155 cm³/mol. The van der Waals surface area contributed by atoms with E-state index < -0.39 is 19.8 Å². The Morgan fingerprint density at radius 1 is 1.24 bits per heavy atom. The van der Waals surface area contributed by atoms with Crippen LogP contribution in [0.15, 0.2) is 42.6 Å². The smallest absolute Gasteiger partial charge is 0.408 e. The summed E-state index contributed by atoms with van der Waals surface area (Å²) in [5.41, 5.74) is 1.62. The SMILES string of the molecule is CC1/C=C\CC[C@H](NC(=O)OC(C)(C)C)c2nc(cn2COCC[Si](C)(C)C)-c2ccccc2NC(=O)C1. The van der Waals surface area contributed by atoms with Crippen LogP contribution in [-0.2, 0) is 21.0 Å². The van der Waals surface area contributed by atoms with Crippen LogP contribution in [0.3, 0.4) is 0 Å². The summed E-state index contributed by atoms with van der Waals surface area (Å²) in [6, 6.07) is 8.34. The van der Waals surface area contributed by atoms with Crippen molar-refractivity contribution in [3.8, 4) is 11.3 Å². The van der Waals surface area contributed by atoms with Crippen molar-refractivity contribution in [2.24, 2.45) is 5.92 Å². The van der Waals surface area contributed by atoms with Gasteiger partial charge < -0.3 is 24.7 Å². The summed E-state index contributed by atoms with van der Waals surface area (Å²) in [4.78, 5) is 30.6. The van der Waals surface area contributed by atoms with Crippen molar-refractivity contribution < 1.29 is 19.1 Å². The minimum Gasteiger partial charge on any atom is -0.444 e.